The normalized spacial score (nSPS) is 14.2. The molecule has 0 atom stereocenters. The fraction of sp³-hybridized carbons (Fsp3) is 0.200. The molecule has 1 aromatic heterocycles. The summed E-state index contributed by atoms with van der Waals surface area (Å²) in [6, 6.07) is 6.79. The molecule has 2 aromatic rings. The van der Waals surface area contributed by atoms with Crippen molar-refractivity contribution in [3.8, 4) is 17.4 Å². The van der Waals surface area contributed by atoms with Crippen molar-refractivity contribution < 1.29 is 27.4 Å². The van der Waals surface area contributed by atoms with Crippen LogP contribution in [0.25, 0.3) is 0 Å². The van der Waals surface area contributed by atoms with Gasteiger partial charge in [-0.3, -0.25) is 4.79 Å². The molecule has 0 saturated heterocycles. The number of ketones is 1. The van der Waals surface area contributed by atoms with Gasteiger partial charge >= 0.3 is 6.18 Å². The molecule has 114 valence electrons. The summed E-state index contributed by atoms with van der Waals surface area (Å²) in [4.78, 5) is 15.4. The lowest BCUT2D eigenvalue weighted by Gasteiger charge is -2.19. The molecular formula is C15H10F3NO3. The van der Waals surface area contributed by atoms with Crippen LogP contribution in [-0.2, 0) is 6.18 Å². The number of Topliss-reactive ketones (excluding diaryl/α,β-unsaturated/α-hetero) is 1. The van der Waals surface area contributed by atoms with E-state index < -0.39 is 11.7 Å². The van der Waals surface area contributed by atoms with Crippen molar-refractivity contribution in [1.82, 2.24) is 4.98 Å². The largest absolute Gasteiger partial charge is 0.488 e. The van der Waals surface area contributed by atoms with Gasteiger partial charge in [-0.25, -0.2) is 4.98 Å². The van der Waals surface area contributed by atoms with Crippen LogP contribution < -0.4 is 9.47 Å². The highest BCUT2D eigenvalue weighted by atomic mass is 19.4. The Labute approximate surface area is 123 Å². The van der Waals surface area contributed by atoms with Crippen molar-refractivity contribution in [2.24, 2.45) is 0 Å². The van der Waals surface area contributed by atoms with E-state index in [1.165, 1.54) is 0 Å². The average molecular weight is 309 g/mol. The van der Waals surface area contributed by atoms with E-state index in [-0.39, 0.29) is 30.4 Å². The molecule has 22 heavy (non-hydrogen) atoms. The number of hydrogen-bond acceptors (Lipinski definition) is 4. The van der Waals surface area contributed by atoms with E-state index in [4.69, 9.17) is 9.47 Å². The Balaban J connectivity index is 1.88. The lowest BCUT2D eigenvalue weighted by Crippen LogP contribution is -2.15. The molecule has 0 saturated carbocycles. The Kier molecular flexibility index (Phi) is 3.48. The number of halogens is 3. The highest BCUT2D eigenvalue weighted by Gasteiger charge is 2.31. The topological polar surface area (TPSA) is 48.4 Å². The van der Waals surface area contributed by atoms with Gasteiger partial charge in [0.15, 0.2) is 17.3 Å². The first kappa shape index (κ1) is 14.4. The number of aromatic nitrogens is 1. The second-order valence-corrected chi connectivity index (χ2v) is 4.64. The molecule has 0 unspecified atom stereocenters. The fourth-order valence-corrected chi connectivity index (χ4v) is 2.07. The maximum atomic E-state index is 12.5. The summed E-state index contributed by atoms with van der Waals surface area (Å²) < 4.78 is 48.3. The third-order valence-electron chi connectivity index (χ3n) is 3.13. The minimum Gasteiger partial charge on any atom is -0.488 e. The zero-order valence-corrected chi connectivity index (χ0v) is 11.2. The maximum Gasteiger partial charge on any atom is 0.417 e. The van der Waals surface area contributed by atoms with Crippen molar-refractivity contribution >= 4 is 5.78 Å². The molecule has 1 aliphatic rings. The van der Waals surface area contributed by atoms with Crippen LogP contribution in [0.5, 0.6) is 17.4 Å². The predicted octanol–water partition coefficient (Wildman–Crippen LogP) is 3.86. The highest BCUT2D eigenvalue weighted by molar-refractivity contribution is 6.00. The van der Waals surface area contributed by atoms with Gasteiger partial charge in [-0.15, -0.1) is 0 Å². The van der Waals surface area contributed by atoms with Crippen LogP contribution in [0.2, 0.25) is 0 Å². The first-order chi connectivity index (χ1) is 10.4. The zero-order chi connectivity index (χ0) is 15.7. The molecule has 1 aromatic carbocycles. The summed E-state index contributed by atoms with van der Waals surface area (Å²) in [5, 5.41) is 0. The summed E-state index contributed by atoms with van der Waals surface area (Å²) in [5.74, 6) is 0.466. The molecule has 2 heterocycles. The molecule has 3 rings (SSSR count). The first-order valence-corrected chi connectivity index (χ1v) is 6.45. The first-order valence-electron chi connectivity index (χ1n) is 6.45. The number of benzene rings is 1. The molecule has 0 radical (unpaired) electrons. The van der Waals surface area contributed by atoms with E-state index >= 15 is 0 Å². The average Bonchev–Trinajstić information content (AvgIpc) is 2.48. The number of carbonyl (C=O) groups excluding carboxylic acids is 1. The Bertz CT molecular complexity index is 711. The van der Waals surface area contributed by atoms with Crippen molar-refractivity contribution in [2.45, 2.75) is 12.6 Å². The van der Waals surface area contributed by atoms with Gasteiger partial charge in [0.25, 0.3) is 0 Å². The van der Waals surface area contributed by atoms with Gasteiger partial charge < -0.3 is 9.47 Å². The molecule has 1 aliphatic heterocycles. The van der Waals surface area contributed by atoms with Crippen LogP contribution in [0, 0.1) is 0 Å². The minimum atomic E-state index is -4.45. The van der Waals surface area contributed by atoms with Gasteiger partial charge in [0.2, 0.25) is 5.88 Å². The molecule has 0 N–H and O–H groups in total. The van der Waals surface area contributed by atoms with Gasteiger partial charge in [0, 0.05) is 18.7 Å². The Morgan fingerprint density at radius 1 is 1.18 bits per heavy atom. The second-order valence-electron chi connectivity index (χ2n) is 4.64. The molecule has 4 nitrogen and oxygen atoms in total. The number of nitrogens with zero attached hydrogens (tertiary/aromatic N) is 1. The number of carbonyl (C=O) groups is 1. The smallest absolute Gasteiger partial charge is 0.417 e. The Hall–Kier alpha value is -2.57. The molecule has 0 spiro atoms. The van der Waals surface area contributed by atoms with E-state index in [0.717, 1.165) is 12.1 Å². The molecule has 7 heteroatoms. The maximum absolute atomic E-state index is 12.5. The number of pyridine rings is 1. The molecule has 0 bridgehead atoms. The van der Waals surface area contributed by atoms with Crippen LogP contribution in [-0.4, -0.2) is 17.4 Å². The van der Waals surface area contributed by atoms with Crippen LogP contribution in [0.4, 0.5) is 13.2 Å². The summed E-state index contributed by atoms with van der Waals surface area (Å²) in [6.45, 7) is 0.243. The van der Waals surface area contributed by atoms with Crippen LogP contribution in [0.3, 0.4) is 0 Å². The lowest BCUT2D eigenvalue weighted by molar-refractivity contribution is -0.137. The molecule has 0 aliphatic carbocycles. The van der Waals surface area contributed by atoms with Crippen LogP contribution in [0.1, 0.15) is 22.3 Å². The third kappa shape index (κ3) is 2.74. The summed E-state index contributed by atoms with van der Waals surface area (Å²) >= 11 is 0. The van der Waals surface area contributed by atoms with Gasteiger partial charge in [-0.2, -0.15) is 13.2 Å². The van der Waals surface area contributed by atoms with Crippen LogP contribution in [0.15, 0.2) is 36.5 Å². The predicted molar refractivity (Wildman–Crippen MR) is 70.2 cm³/mol. The molecule has 0 amide bonds. The number of rotatable bonds is 2. The zero-order valence-electron chi connectivity index (χ0n) is 11.2. The van der Waals surface area contributed by atoms with Crippen LogP contribution >= 0.6 is 0 Å². The van der Waals surface area contributed by atoms with Crippen molar-refractivity contribution in [3.05, 3.63) is 47.7 Å². The van der Waals surface area contributed by atoms with Gasteiger partial charge in [0.05, 0.1) is 17.7 Å². The Morgan fingerprint density at radius 2 is 2.00 bits per heavy atom. The Morgan fingerprint density at radius 3 is 2.68 bits per heavy atom. The quantitative estimate of drug-likeness (QED) is 0.845. The number of ether oxygens (including phenoxy) is 2. The summed E-state index contributed by atoms with van der Waals surface area (Å²) in [5.41, 5.74) is -0.461. The number of alkyl halides is 3. The highest BCUT2D eigenvalue weighted by Crippen LogP contribution is 2.37. The van der Waals surface area contributed by atoms with Crippen molar-refractivity contribution in [1.29, 1.82) is 0 Å². The number of hydrogen-bond donors (Lipinski definition) is 0. The van der Waals surface area contributed by atoms with E-state index in [2.05, 4.69) is 4.98 Å². The third-order valence-corrected chi connectivity index (χ3v) is 3.13. The monoisotopic (exact) mass is 309 g/mol. The van der Waals surface area contributed by atoms with Gasteiger partial charge in [-0.05, 0) is 18.2 Å². The summed E-state index contributed by atoms with van der Waals surface area (Å²) in [6.07, 6.45) is -3.47. The standard InChI is InChI=1S/C15H10F3NO3/c16-15(17,18)9-4-5-13(19-8-9)22-12-3-1-2-10-11(20)6-7-21-14(10)12/h1-5,8H,6-7H2. The second kappa shape index (κ2) is 5.32. The molecular weight excluding hydrogens is 299 g/mol. The van der Waals surface area contributed by atoms with E-state index in [1.54, 1.807) is 18.2 Å². The fourth-order valence-electron chi connectivity index (χ4n) is 2.07. The van der Waals surface area contributed by atoms with Gasteiger partial charge in [-0.1, -0.05) is 6.07 Å². The molecule has 0 fully saturated rings. The van der Waals surface area contributed by atoms with E-state index in [9.17, 15) is 18.0 Å². The number of fused-ring (bicyclic) bond motifs is 1. The minimum absolute atomic E-state index is 0.0111. The lowest BCUT2D eigenvalue weighted by atomic mass is 10.0. The number of para-hydroxylation sites is 1. The summed E-state index contributed by atoms with van der Waals surface area (Å²) in [7, 11) is 0. The van der Waals surface area contributed by atoms with E-state index in [1.807, 2.05) is 0 Å². The van der Waals surface area contributed by atoms with Crippen molar-refractivity contribution in [2.75, 3.05) is 6.61 Å². The van der Waals surface area contributed by atoms with Gasteiger partial charge in [0.1, 0.15) is 0 Å². The van der Waals surface area contributed by atoms with E-state index in [0.29, 0.717) is 17.5 Å². The van der Waals surface area contributed by atoms with Crippen molar-refractivity contribution in [3.63, 3.8) is 0 Å². The SMILES string of the molecule is O=C1CCOc2c(Oc3ccc(C(F)(F)F)cn3)cccc21.